The molecular weight excluding hydrogens is 562 g/mol. The van der Waals surface area contributed by atoms with Crippen LogP contribution in [0.5, 0.6) is 5.88 Å². The highest BCUT2D eigenvalue weighted by Crippen LogP contribution is 2.31. The van der Waals surface area contributed by atoms with Gasteiger partial charge in [0.25, 0.3) is 5.56 Å². The molecule has 15 heteroatoms. The van der Waals surface area contributed by atoms with Gasteiger partial charge < -0.3 is 24.7 Å². The zero-order valence-corrected chi connectivity index (χ0v) is 25.6. The van der Waals surface area contributed by atoms with Crippen molar-refractivity contribution in [3.63, 3.8) is 0 Å². The highest BCUT2D eigenvalue weighted by Gasteiger charge is 2.38. The predicted octanol–water partition coefficient (Wildman–Crippen LogP) is 0.347. The number of nitrogens with zero attached hydrogens (tertiary/aromatic N) is 7. The molecule has 230 valence electrons. The second-order valence-electron chi connectivity index (χ2n) is 10.4. The topological polar surface area (TPSA) is 151 Å². The number of piperazine rings is 2. The van der Waals surface area contributed by atoms with Crippen molar-refractivity contribution in [3.05, 3.63) is 28.3 Å². The molecule has 0 aliphatic carbocycles. The summed E-state index contributed by atoms with van der Waals surface area (Å²) in [6.45, 7) is 12.9. The number of likely N-dealkylation sites (N-methyl/N-ethyl adjacent to an activating group) is 1. The highest BCUT2D eigenvalue weighted by atomic mass is 32.2. The molecule has 0 bridgehead atoms. The van der Waals surface area contributed by atoms with Crippen molar-refractivity contribution >= 4 is 21.1 Å². The third-order valence-electron chi connectivity index (χ3n) is 7.96. The Morgan fingerprint density at radius 2 is 1.88 bits per heavy atom. The van der Waals surface area contributed by atoms with E-state index < -0.39 is 15.6 Å². The Bertz CT molecular complexity index is 1550. The van der Waals surface area contributed by atoms with Gasteiger partial charge in [-0.05, 0) is 26.0 Å². The van der Waals surface area contributed by atoms with Crippen molar-refractivity contribution in [2.24, 2.45) is 0 Å². The smallest absolute Gasteiger partial charge is 0.279 e. The maximum Gasteiger partial charge on any atom is 0.279 e. The number of nitrogens with one attached hydrogen (secondary N) is 2. The Morgan fingerprint density at radius 3 is 2.57 bits per heavy atom. The van der Waals surface area contributed by atoms with Crippen molar-refractivity contribution < 1.29 is 17.9 Å². The average molecular weight is 604 g/mol. The lowest BCUT2D eigenvalue weighted by molar-refractivity contribution is 0.0359. The van der Waals surface area contributed by atoms with Gasteiger partial charge in [-0.25, -0.2) is 18.4 Å². The van der Waals surface area contributed by atoms with E-state index in [2.05, 4.69) is 37.1 Å². The normalized spacial score (nSPS) is 19.5. The molecule has 42 heavy (non-hydrogen) atoms. The van der Waals surface area contributed by atoms with E-state index in [1.54, 1.807) is 16.1 Å². The van der Waals surface area contributed by atoms with Gasteiger partial charge in [-0.15, -0.1) is 0 Å². The Morgan fingerprint density at radius 1 is 1.10 bits per heavy atom. The number of aromatic amines is 1. The van der Waals surface area contributed by atoms with Gasteiger partial charge in [0.2, 0.25) is 15.9 Å². The van der Waals surface area contributed by atoms with Crippen LogP contribution in [-0.2, 0) is 27.7 Å². The number of sulfonamides is 1. The van der Waals surface area contributed by atoms with Gasteiger partial charge in [0.05, 0.1) is 43.4 Å². The van der Waals surface area contributed by atoms with Crippen molar-refractivity contribution in [1.29, 1.82) is 0 Å². The summed E-state index contributed by atoms with van der Waals surface area (Å²) < 4.78 is 42.6. The monoisotopic (exact) mass is 603 g/mol. The molecular formula is C27H41N9O5S. The summed E-state index contributed by atoms with van der Waals surface area (Å²) in [7, 11) is -2.34. The van der Waals surface area contributed by atoms with Crippen LogP contribution in [0.15, 0.2) is 22.0 Å². The van der Waals surface area contributed by atoms with Crippen LogP contribution in [0.25, 0.3) is 22.4 Å². The molecule has 0 amide bonds. The van der Waals surface area contributed by atoms with E-state index >= 15 is 0 Å². The molecule has 1 unspecified atom stereocenters. The number of hydrogen-bond acceptors (Lipinski definition) is 11. The molecule has 2 aliphatic rings. The molecule has 2 saturated heterocycles. The maximum absolute atomic E-state index is 14.2. The molecule has 0 saturated carbocycles. The van der Waals surface area contributed by atoms with E-state index in [4.69, 9.17) is 14.5 Å². The summed E-state index contributed by atoms with van der Waals surface area (Å²) >= 11 is 0. The average Bonchev–Trinajstić information content (AvgIpc) is 3.38. The highest BCUT2D eigenvalue weighted by molar-refractivity contribution is 7.89. The summed E-state index contributed by atoms with van der Waals surface area (Å²) in [5, 5.41) is 7.82. The fraction of sp³-hybridized carbons (Fsp3) is 0.630. The van der Waals surface area contributed by atoms with E-state index in [9.17, 15) is 13.2 Å². The lowest BCUT2D eigenvalue weighted by Crippen LogP contribution is -2.63. The van der Waals surface area contributed by atoms with Gasteiger partial charge >= 0.3 is 0 Å². The number of ether oxygens (including phenoxy) is 2. The molecule has 1 atom stereocenters. The number of aryl methyl sites for hydroxylation is 1. The first kappa shape index (κ1) is 30.5. The molecule has 14 nitrogen and oxygen atoms in total. The van der Waals surface area contributed by atoms with E-state index in [1.807, 2.05) is 13.8 Å². The number of H-pyrrole nitrogens is 1. The largest absolute Gasteiger partial charge is 0.477 e. The number of pyridine rings is 1. The van der Waals surface area contributed by atoms with Crippen LogP contribution in [0, 0.1) is 0 Å². The summed E-state index contributed by atoms with van der Waals surface area (Å²) in [6, 6.07) is 1.51. The zero-order valence-electron chi connectivity index (χ0n) is 24.8. The van der Waals surface area contributed by atoms with E-state index in [-0.39, 0.29) is 28.3 Å². The standard InChI is InChI=1S/C27H41N9O5S/c1-5-21-23-24(32-35(21)14-15-40-4)26(37)31-25(30-23)20-16-19(17-29-27(20)41-7-3)42(38,39)36-9-8-28-18-22(36)34-12-10-33(6-2)11-13-34/h16-17,22,28H,5-15,18H2,1-4H3,(H,30,31,37). The number of methoxy groups -OCH3 is 1. The minimum atomic E-state index is -3.94. The Labute approximate surface area is 246 Å². The van der Waals surface area contributed by atoms with Crippen molar-refractivity contribution in [2.75, 3.05) is 72.7 Å². The van der Waals surface area contributed by atoms with Crippen molar-refractivity contribution in [1.82, 2.24) is 44.2 Å². The molecule has 2 fully saturated rings. The first-order chi connectivity index (χ1) is 20.3. The molecule has 3 aromatic heterocycles. The van der Waals surface area contributed by atoms with Gasteiger partial charge in [-0.3, -0.25) is 14.4 Å². The maximum atomic E-state index is 14.2. The SMILES string of the molecule is CCOc1ncc(S(=O)(=O)N2CCNCC2N2CCN(CC)CC2)cc1-c1nc2c(CC)n(CCOC)nc2c(=O)[nH]1. The third kappa shape index (κ3) is 5.94. The first-order valence-corrected chi connectivity index (χ1v) is 16.1. The second-order valence-corrected chi connectivity index (χ2v) is 12.2. The second kappa shape index (κ2) is 13.1. The summed E-state index contributed by atoms with van der Waals surface area (Å²) in [5.74, 6) is 0.366. The first-order valence-electron chi connectivity index (χ1n) is 14.6. The predicted molar refractivity (Wildman–Crippen MR) is 158 cm³/mol. The molecule has 0 radical (unpaired) electrons. The number of fused-ring (bicyclic) bond motifs is 1. The van der Waals surface area contributed by atoms with Crippen molar-refractivity contribution in [3.8, 4) is 17.3 Å². The Hall–Kier alpha value is -2.95. The van der Waals surface area contributed by atoms with Gasteiger partial charge in [-0.2, -0.15) is 9.40 Å². The summed E-state index contributed by atoms with van der Waals surface area (Å²) in [5.41, 5.74) is 1.33. The molecule has 2 N–H and O–H groups in total. The van der Waals surface area contributed by atoms with E-state index in [0.29, 0.717) is 56.9 Å². The van der Waals surface area contributed by atoms with Crippen LogP contribution in [-0.4, -0.2) is 126 Å². The summed E-state index contributed by atoms with van der Waals surface area (Å²) in [6.07, 6.45) is 1.62. The van der Waals surface area contributed by atoms with Crippen LogP contribution >= 0.6 is 0 Å². The number of rotatable bonds is 11. The van der Waals surface area contributed by atoms with E-state index in [1.165, 1.54) is 12.3 Å². The van der Waals surface area contributed by atoms with Crippen LogP contribution in [0.2, 0.25) is 0 Å². The minimum absolute atomic E-state index is 0.0225. The molecule has 2 aliphatic heterocycles. The third-order valence-corrected chi connectivity index (χ3v) is 9.82. The van der Waals surface area contributed by atoms with Crippen LogP contribution in [0.1, 0.15) is 26.5 Å². The number of aromatic nitrogens is 5. The fourth-order valence-corrected chi connectivity index (χ4v) is 7.26. The van der Waals surface area contributed by atoms with Crippen LogP contribution < -0.4 is 15.6 Å². The Kier molecular flexibility index (Phi) is 9.54. The quantitative estimate of drug-likeness (QED) is 0.312. The molecule has 5 heterocycles. The lowest BCUT2D eigenvalue weighted by atomic mass is 10.2. The van der Waals surface area contributed by atoms with Gasteiger partial charge in [-0.1, -0.05) is 13.8 Å². The minimum Gasteiger partial charge on any atom is -0.477 e. The van der Waals surface area contributed by atoms with E-state index in [0.717, 1.165) is 38.4 Å². The summed E-state index contributed by atoms with van der Waals surface area (Å²) in [4.78, 5) is 29.8. The van der Waals surface area contributed by atoms with Gasteiger partial charge in [0.15, 0.2) is 5.52 Å². The zero-order chi connectivity index (χ0) is 29.9. The van der Waals surface area contributed by atoms with Crippen LogP contribution in [0.3, 0.4) is 0 Å². The van der Waals surface area contributed by atoms with Gasteiger partial charge in [0, 0.05) is 52.9 Å². The van der Waals surface area contributed by atoms with Crippen molar-refractivity contribution in [2.45, 2.75) is 44.8 Å². The van der Waals surface area contributed by atoms with Crippen LogP contribution in [0.4, 0.5) is 0 Å². The Balaban J connectivity index is 1.55. The molecule has 5 rings (SSSR count). The van der Waals surface area contributed by atoms with Gasteiger partial charge in [0.1, 0.15) is 16.2 Å². The molecule has 0 aromatic carbocycles. The fourth-order valence-electron chi connectivity index (χ4n) is 5.68. The number of hydrogen-bond donors (Lipinski definition) is 2. The lowest BCUT2D eigenvalue weighted by Gasteiger charge is -2.45. The molecule has 0 spiro atoms. The molecule has 3 aromatic rings.